The van der Waals surface area contributed by atoms with Crippen LogP contribution in [0.3, 0.4) is 0 Å². The van der Waals surface area contributed by atoms with Crippen LogP contribution in [0.15, 0.2) is 42.6 Å². The number of hydrogen-bond donors (Lipinski definition) is 0. The van der Waals surface area contributed by atoms with E-state index in [-0.39, 0.29) is 30.8 Å². The minimum atomic E-state index is -4.39. The number of amides is 2. The number of likely N-dealkylation sites (N-methyl/N-ethyl adjacent to an activating group) is 1. The van der Waals surface area contributed by atoms with Gasteiger partial charge in [-0.05, 0) is 56.0 Å². The lowest BCUT2D eigenvalue weighted by Crippen LogP contribution is -2.45. The summed E-state index contributed by atoms with van der Waals surface area (Å²) in [5, 5.41) is 0. The zero-order valence-corrected chi connectivity index (χ0v) is 21.4. The maximum atomic E-state index is 13.4. The van der Waals surface area contributed by atoms with Crippen LogP contribution >= 0.6 is 0 Å². The van der Waals surface area contributed by atoms with Crippen LogP contribution in [0.5, 0.6) is 0 Å². The first kappa shape index (κ1) is 27.8. The van der Waals surface area contributed by atoms with Gasteiger partial charge in [0.15, 0.2) is 0 Å². The largest absolute Gasteiger partial charge is 0.416 e. The third-order valence-corrected chi connectivity index (χ3v) is 6.99. The summed E-state index contributed by atoms with van der Waals surface area (Å²) in [5.41, 5.74) is 0.721. The fourth-order valence-electron chi connectivity index (χ4n) is 4.84. The molecule has 0 unspecified atom stereocenters. The van der Waals surface area contributed by atoms with Crippen molar-refractivity contribution >= 4 is 11.8 Å². The number of unbranched alkanes of at least 4 members (excludes halogenated alkanes) is 1. The van der Waals surface area contributed by atoms with Crippen LogP contribution in [0.1, 0.15) is 75.6 Å². The molecule has 1 heterocycles. The molecule has 1 aromatic heterocycles. The van der Waals surface area contributed by atoms with Crippen molar-refractivity contribution in [2.75, 3.05) is 19.6 Å². The summed E-state index contributed by atoms with van der Waals surface area (Å²) in [6.07, 6.45) is 4.28. The molecule has 8 heteroatoms. The number of nitrogens with zero attached hydrogens (tertiary/aromatic N) is 3. The van der Waals surface area contributed by atoms with Crippen molar-refractivity contribution < 1.29 is 22.8 Å². The average Bonchev–Trinajstić information content (AvgIpc) is 3.31. The standard InChI is InChI=1S/C28H38F3N3O2/c1-3-5-16-34(26(35)21-32(4-2)27(36)23-12-7-6-8-13-23)20-25-15-10-17-33(25)19-22-11-9-14-24(18-22)28(29,30)31/h9-11,14-15,17-18,23H,3-8,12-13,16,19-21H2,1-2H3. The van der Waals surface area contributed by atoms with E-state index in [9.17, 15) is 22.8 Å². The third kappa shape index (κ3) is 7.61. The lowest BCUT2D eigenvalue weighted by molar-refractivity contribution is -0.143. The molecule has 1 aliphatic carbocycles. The van der Waals surface area contributed by atoms with E-state index in [1.807, 2.05) is 29.8 Å². The van der Waals surface area contributed by atoms with Crippen LogP contribution in [-0.4, -0.2) is 45.8 Å². The minimum Gasteiger partial charge on any atom is -0.345 e. The smallest absolute Gasteiger partial charge is 0.345 e. The highest BCUT2D eigenvalue weighted by molar-refractivity contribution is 5.86. The monoisotopic (exact) mass is 505 g/mol. The van der Waals surface area contributed by atoms with Crippen molar-refractivity contribution in [3.63, 3.8) is 0 Å². The summed E-state index contributed by atoms with van der Waals surface area (Å²) < 4.78 is 41.3. The lowest BCUT2D eigenvalue weighted by Gasteiger charge is -2.31. The van der Waals surface area contributed by atoms with E-state index in [1.165, 1.54) is 18.6 Å². The number of alkyl halides is 3. The molecule has 0 aliphatic heterocycles. The second-order valence-corrected chi connectivity index (χ2v) is 9.68. The topological polar surface area (TPSA) is 45.6 Å². The highest BCUT2D eigenvalue weighted by Gasteiger charge is 2.30. The first-order valence-corrected chi connectivity index (χ1v) is 13.1. The third-order valence-electron chi connectivity index (χ3n) is 6.99. The Kier molecular flexibility index (Phi) is 10.0. The number of aromatic nitrogens is 1. The normalized spacial score (nSPS) is 14.6. The molecule has 1 fully saturated rings. The Hall–Kier alpha value is -2.77. The summed E-state index contributed by atoms with van der Waals surface area (Å²) in [5.74, 6) is -0.00419. The van der Waals surface area contributed by atoms with Crippen molar-refractivity contribution in [3.8, 4) is 0 Å². The Bertz CT molecular complexity index is 996. The molecule has 36 heavy (non-hydrogen) atoms. The van der Waals surface area contributed by atoms with Gasteiger partial charge in [0.05, 0.1) is 18.7 Å². The summed E-state index contributed by atoms with van der Waals surface area (Å²) in [6.45, 7) is 5.72. The summed E-state index contributed by atoms with van der Waals surface area (Å²) in [7, 11) is 0. The first-order chi connectivity index (χ1) is 17.2. The van der Waals surface area contributed by atoms with Gasteiger partial charge < -0.3 is 14.4 Å². The summed E-state index contributed by atoms with van der Waals surface area (Å²) in [4.78, 5) is 29.9. The van der Waals surface area contributed by atoms with E-state index in [2.05, 4.69) is 6.92 Å². The maximum Gasteiger partial charge on any atom is 0.416 e. The van der Waals surface area contributed by atoms with Crippen molar-refractivity contribution in [2.45, 2.75) is 78.1 Å². The van der Waals surface area contributed by atoms with Crippen molar-refractivity contribution in [1.82, 2.24) is 14.4 Å². The zero-order chi connectivity index (χ0) is 26.1. The molecular formula is C28H38F3N3O2. The first-order valence-electron chi connectivity index (χ1n) is 13.1. The van der Waals surface area contributed by atoms with Crippen molar-refractivity contribution in [2.24, 2.45) is 5.92 Å². The highest BCUT2D eigenvalue weighted by Crippen LogP contribution is 2.30. The molecule has 0 atom stereocenters. The second kappa shape index (κ2) is 13.0. The molecule has 2 aromatic rings. The molecule has 3 rings (SSSR count). The molecule has 0 N–H and O–H groups in total. The summed E-state index contributed by atoms with van der Waals surface area (Å²) >= 11 is 0. The zero-order valence-electron chi connectivity index (χ0n) is 21.4. The number of benzene rings is 1. The Balaban J connectivity index is 1.71. The van der Waals surface area contributed by atoms with Gasteiger partial charge in [0.2, 0.25) is 11.8 Å². The van der Waals surface area contributed by atoms with Crippen LogP contribution in [0.4, 0.5) is 13.2 Å². The van der Waals surface area contributed by atoms with E-state index in [4.69, 9.17) is 0 Å². The number of hydrogen-bond acceptors (Lipinski definition) is 2. The van der Waals surface area contributed by atoms with Gasteiger partial charge in [-0.3, -0.25) is 9.59 Å². The fraction of sp³-hybridized carbons (Fsp3) is 0.571. The van der Waals surface area contributed by atoms with Crippen molar-refractivity contribution in [3.05, 3.63) is 59.4 Å². The van der Waals surface area contributed by atoms with E-state index in [0.717, 1.165) is 50.3 Å². The molecule has 2 amide bonds. The lowest BCUT2D eigenvalue weighted by atomic mass is 9.88. The van der Waals surface area contributed by atoms with E-state index < -0.39 is 11.7 Å². The van der Waals surface area contributed by atoms with Crippen LogP contribution in [0.25, 0.3) is 0 Å². The van der Waals surface area contributed by atoms with Gasteiger partial charge in [-0.25, -0.2) is 0 Å². The highest BCUT2D eigenvalue weighted by atomic mass is 19.4. The fourth-order valence-corrected chi connectivity index (χ4v) is 4.84. The van der Waals surface area contributed by atoms with Gasteiger partial charge in [-0.2, -0.15) is 13.2 Å². The number of carbonyl (C=O) groups is 2. The van der Waals surface area contributed by atoms with Crippen LogP contribution in [0, 0.1) is 5.92 Å². The predicted molar refractivity (Wildman–Crippen MR) is 134 cm³/mol. The molecule has 1 aromatic carbocycles. The number of halogens is 3. The number of rotatable bonds is 11. The Morgan fingerprint density at radius 3 is 2.44 bits per heavy atom. The van der Waals surface area contributed by atoms with E-state index in [1.54, 1.807) is 15.9 Å². The predicted octanol–water partition coefficient (Wildman–Crippen LogP) is 6.11. The SMILES string of the molecule is CCCCN(Cc1cccn1Cc1cccc(C(F)(F)F)c1)C(=O)CN(CC)C(=O)C1CCCCC1. The molecule has 198 valence electrons. The van der Waals surface area contributed by atoms with Gasteiger partial charge in [-0.1, -0.05) is 44.7 Å². The summed E-state index contributed by atoms with van der Waals surface area (Å²) in [6, 6.07) is 9.07. The quantitative estimate of drug-likeness (QED) is 0.370. The second-order valence-electron chi connectivity index (χ2n) is 9.68. The van der Waals surface area contributed by atoms with Crippen molar-refractivity contribution in [1.29, 1.82) is 0 Å². The van der Waals surface area contributed by atoms with E-state index >= 15 is 0 Å². The Labute approximate surface area is 212 Å². The van der Waals surface area contributed by atoms with Crippen LogP contribution in [0.2, 0.25) is 0 Å². The molecular weight excluding hydrogens is 467 g/mol. The minimum absolute atomic E-state index is 0.0142. The van der Waals surface area contributed by atoms with Gasteiger partial charge >= 0.3 is 6.18 Å². The number of carbonyl (C=O) groups excluding carboxylic acids is 2. The molecule has 1 aliphatic rings. The van der Waals surface area contributed by atoms with Gasteiger partial charge in [0.25, 0.3) is 0 Å². The molecule has 0 bridgehead atoms. The maximum absolute atomic E-state index is 13.4. The molecule has 5 nitrogen and oxygen atoms in total. The molecule has 0 radical (unpaired) electrons. The van der Waals surface area contributed by atoms with E-state index in [0.29, 0.717) is 25.2 Å². The van der Waals surface area contributed by atoms with Gasteiger partial charge in [0, 0.05) is 37.4 Å². The van der Waals surface area contributed by atoms with Crippen LogP contribution < -0.4 is 0 Å². The Morgan fingerprint density at radius 1 is 1.03 bits per heavy atom. The molecule has 1 saturated carbocycles. The average molecular weight is 506 g/mol. The van der Waals surface area contributed by atoms with Gasteiger partial charge in [0.1, 0.15) is 0 Å². The Morgan fingerprint density at radius 2 is 1.78 bits per heavy atom. The van der Waals surface area contributed by atoms with Crippen LogP contribution in [-0.2, 0) is 28.9 Å². The molecule has 0 spiro atoms. The van der Waals surface area contributed by atoms with Gasteiger partial charge in [-0.15, -0.1) is 0 Å². The molecule has 0 saturated heterocycles.